The first-order valence-corrected chi connectivity index (χ1v) is 6.75. The van der Waals surface area contributed by atoms with Crippen LogP contribution in [0.3, 0.4) is 0 Å². The smallest absolute Gasteiger partial charge is 0.240 e. The average Bonchev–Trinajstić information content (AvgIpc) is 2.71. The summed E-state index contributed by atoms with van der Waals surface area (Å²) in [6, 6.07) is 6.33. The van der Waals surface area contributed by atoms with Gasteiger partial charge in [0, 0.05) is 12.1 Å². The van der Waals surface area contributed by atoms with E-state index in [-0.39, 0.29) is 17.2 Å². The van der Waals surface area contributed by atoms with Crippen LogP contribution in [-0.4, -0.2) is 34.0 Å². The minimum Gasteiger partial charge on any atom is -0.508 e. The van der Waals surface area contributed by atoms with E-state index >= 15 is 0 Å². The Morgan fingerprint density at radius 1 is 1.42 bits per heavy atom. The van der Waals surface area contributed by atoms with Gasteiger partial charge in [0.15, 0.2) is 0 Å². The minimum absolute atomic E-state index is 0.0237. The molecule has 19 heavy (non-hydrogen) atoms. The van der Waals surface area contributed by atoms with Crippen LogP contribution in [0.1, 0.15) is 32.3 Å². The molecule has 0 spiro atoms. The van der Waals surface area contributed by atoms with Crippen molar-refractivity contribution in [3.8, 4) is 5.75 Å². The molecule has 3 N–H and O–H groups in total. The van der Waals surface area contributed by atoms with Gasteiger partial charge in [0.25, 0.3) is 0 Å². The average molecular weight is 262 g/mol. The third kappa shape index (κ3) is 3.07. The lowest BCUT2D eigenvalue weighted by molar-refractivity contribution is -0.135. The lowest BCUT2D eigenvalue weighted by Gasteiger charge is -2.33. The van der Waals surface area contributed by atoms with E-state index in [4.69, 9.17) is 5.73 Å². The number of phenols is 1. The Morgan fingerprint density at radius 3 is 2.58 bits per heavy atom. The molecule has 1 aromatic carbocycles. The Morgan fingerprint density at radius 2 is 2.05 bits per heavy atom. The number of hydrogen-bond donors (Lipinski definition) is 2. The van der Waals surface area contributed by atoms with E-state index in [1.807, 2.05) is 4.90 Å². The van der Waals surface area contributed by atoms with Crippen molar-refractivity contribution in [3.05, 3.63) is 29.8 Å². The summed E-state index contributed by atoms with van der Waals surface area (Å²) in [5, 5.41) is 9.23. The molecular formula is C15H22N2O2. The summed E-state index contributed by atoms with van der Waals surface area (Å²) in [6.45, 7) is 4.98. The van der Waals surface area contributed by atoms with E-state index in [1.54, 1.807) is 24.3 Å². The number of carbonyl (C=O) groups is 1. The number of rotatable bonds is 3. The number of benzene rings is 1. The Labute approximate surface area is 114 Å². The summed E-state index contributed by atoms with van der Waals surface area (Å²) >= 11 is 0. The van der Waals surface area contributed by atoms with Crippen LogP contribution in [0.15, 0.2) is 24.3 Å². The van der Waals surface area contributed by atoms with Crippen LogP contribution >= 0.6 is 0 Å². The van der Waals surface area contributed by atoms with Crippen LogP contribution in [0.2, 0.25) is 0 Å². The van der Waals surface area contributed by atoms with Gasteiger partial charge in [-0.25, -0.2) is 0 Å². The summed E-state index contributed by atoms with van der Waals surface area (Å²) < 4.78 is 0. The fourth-order valence-electron chi connectivity index (χ4n) is 2.69. The van der Waals surface area contributed by atoms with Gasteiger partial charge in [0.05, 0.1) is 6.04 Å². The van der Waals surface area contributed by atoms with Crippen molar-refractivity contribution in [2.24, 2.45) is 5.73 Å². The maximum Gasteiger partial charge on any atom is 0.240 e. The van der Waals surface area contributed by atoms with Crippen molar-refractivity contribution in [3.63, 3.8) is 0 Å². The van der Waals surface area contributed by atoms with Gasteiger partial charge in [0.2, 0.25) is 5.91 Å². The molecule has 0 bridgehead atoms. The van der Waals surface area contributed by atoms with Crippen LogP contribution in [-0.2, 0) is 11.2 Å². The molecule has 4 heteroatoms. The number of phenolic OH excluding ortho intramolecular Hbond substituents is 1. The molecule has 0 aliphatic carbocycles. The molecule has 1 aliphatic heterocycles. The summed E-state index contributed by atoms with van der Waals surface area (Å²) in [5.74, 6) is 0.250. The summed E-state index contributed by atoms with van der Waals surface area (Å²) in [4.78, 5) is 14.3. The molecule has 1 saturated heterocycles. The van der Waals surface area contributed by atoms with Gasteiger partial charge >= 0.3 is 0 Å². The van der Waals surface area contributed by atoms with Gasteiger partial charge < -0.3 is 15.7 Å². The number of nitrogens with two attached hydrogens (primary N) is 1. The first kappa shape index (κ1) is 13.9. The summed E-state index contributed by atoms with van der Waals surface area (Å²) in [6.07, 6.45) is 2.58. The van der Waals surface area contributed by atoms with Crippen LogP contribution in [0.5, 0.6) is 5.75 Å². The normalized spacial score (nSPS) is 19.4. The second kappa shape index (κ2) is 5.21. The third-order valence-corrected chi connectivity index (χ3v) is 3.88. The van der Waals surface area contributed by atoms with Gasteiger partial charge in [-0.15, -0.1) is 0 Å². The first-order valence-electron chi connectivity index (χ1n) is 6.75. The molecule has 0 saturated carbocycles. The monoisotopic (exact) mass is 262 g/mol. The van der Waals surface area contributed by atoms with Gasteiger partial charge in [-0.2, -0.15) is 0 Å². The van der Waals surface area contributed by atoms with Gasteiger partial charge in [-0.1, -0.05) is 12.1 Å². The molecule has 1 heterocycles. The lowest BCUT2D eigenvalue weighted by atomic mass is 10.00. The minimum atomic E-state index is -0.512. The molecule has 1 aliphatic rings. The Bertz CT molecular complexity index is 454. The number of aromatic hydroxyl groups is 1. The van der Waals surface area contributed by atoms with Crippen molar-refractivity contribution in [2.75, 3.05) is 6.54 Å². The zero-order valence-corrected chi connectivity index (χ0v) is 11.6. The SMILES string of the molecule is CC1(C)CCCN1C(=O)C(N)Cc1ccc(O)cc1. The molecule has 4 nitrogen and oxygen atoms in total. The highest BCUT2D eigenvalue weighted by Gasteiger charge is 2.37. The van der Waals surface area contributed by atoms with E-state index in [1.165, 1.54) is 0 Å². The largest absolute Gasteiger partial charge is 0.508 e. The molecule has 0 aromatic heterocycles. The van der Waals surface area contributed by atoms with Gasteiger partial charge in [-0.3, -0.25) is 4.79 Å². The van der Waals surface area contributed by atoms with Crippen LogP contribution < -0.4 is 5.73 Å². The molecule has 104 valence electrons. The van der Waals surface area contributed by atoms with Crippen LogP contribution in [0.25, 0.3) is 0 Å². The number of carbonyl (C=O) groups excluding carboxylic acids is 1. The number of amides is 1. The number of hydrogen-bond acceptors (Lipinski definition) is 3. The van der Waals surface area contributed by atoms with Crippen LogP contribution in [0.4, 0.5) is 0 Å². The van der Waals surface area contributed by atoms with Crippen LogP contribution in [0, 0.1) is 0 Å². The zero-order valence-electron chi connectivity index (χ0n) is 11.6. The van der Waals surface area contributed by atoms with Crippen molar-refractivity contribution in [1.29, 1.82) is 0 Å². The summed E-state index contributed by atoms with van der Waals surface area (Å²) in [7, 11) is 0. The quantitative estimate of drug-likeness (QED) is 0.870. The van der Waals surface area contributed by atoms with E-state index < -0.39 is 6.04 Å². The van der Waals surface area contributed by atoms with E-state index in [0.717, 1.165) is 24.9 Å². The number of nitrogens with zero attached hydrogens (tertiary/aromatic N) is 1. The maximum absolute atomic E-state index is 12.4. The predicted molar refractivity (Wildman–Crippen MR) is 74.8 cm³/mol. The van der Waals surface area contributed by atoms with E-state index in [2.05, 4.69) is 13.8 Å². The highest BCUT2D eigenvalue weighted by molar-refractivity contribution is 5.83. The Hall–Kier alpha value is -1.55. The second-order valence-corrected chi connectivity index (χ2v) is 5.88. The van der Waals surface area contributed by atoms with Crippen molar-refractivity contribution in [2.45, 2.75) is 44.7 Å². The lowest BCUT2D eigenvalue weighted by Crippen LogP contribution is -2.50. The van der Waals surface area contributed by atoms with E-state index in [9.17, 15) is 9.90 Å². The topological polar surface area (TPSA) is 66.6 Å². The molecule has 2 rings (SSSR count). The molecular weight excluding hydrogens is 240 g/mol. The summed E-state index contributed by atoms with van der Waals surface area (Å²) in [5.41, 5.74) is 6.92. The second-order valence-electron chi connectivity index (χ2n) is 5.88. The molecule has 1 aromatic rings. The van der Waals surface area contributed by atoms with Gasteiger partial charge in [0.1, 0.15) is 5.75 Å². The molecule has 1 amide bonds. The highest BCUT2D eigenvalue weighted by atomic mass is 16.3. The van der Waals surface area contributed by atoms with Gasteiger partial charge in [-0.05, 0) is 50.8 Å². The molecule has 1 atom stereocenters. The molecule has 1 unspecified atom stereocenters. The predicted octanol–water partition coefficient (Wildman–Crippen LogP) is 1.66. The third-order valence-electron chi connectivity index (χ3n) is 3.88. The fourth-order valence-corrected chi connectivity index (χ4v) is 2.69. The molecule has 1 fully saturated rings. The van der Waals surface area contributed by atoms with Crippen molar-refractivity contribution >= 4 is 5.91 Å². The Kier molecular flexibility index (Phi) is 3.80. The van der Waals surface area contributed by atoms with Crippen molar-refractivity contribution in [1.82, 2.24) is 4.90 Å². The number of likely N-dealkylation sites (tertiary alicyclic amines) is 1. The fraction of sp³-hybridized carbons (Fsp3) is 0.533. The van der Waals surface area contributed by atoms with E-state index in [0.29, 0.717) is 6.42 Å². The Balaban J connectivity index is 2.01. The maximum atomic E-state index is 12.4. The van der Waals surface area contributed by atoms with Crippen molar-refractivity contribution < 1.29 is 9.90 Å². The highest BCUT2D eigenvalue weighted by Crippen LogP contribution is 2.28. The molecule has 0 radical (unpaired) electrons. The standard InChI is InChI=1S/C15H22N2O2/c1-15(2)8-3-9-17(15)14(19)13(16)10-11-4-6-12(18)7-5-11/h4-7,13,18H,3,8-10,16H2,1-2H3. The zero-order chi connectivity index (χ0) is 14.0. The first-order chi connectivity index (χ1) is 8.90.